The molecule has 59 heavy (non-hydrogen) atoms. The third-order valence-corrected chi connectivity index (χ3v) is 8.62. The van der Waals surface area contributed by atoms with E-state index < -0.39 is 55.3 Å². The Kier molecular flexibility index (Phi) is 17.3. The number of Topliss-reactive ketones (excluding diaryl/α,β-unsaturated/α-hetero) is 5. The van der Waals surface area contributed by atoms with E-state index in [9.17, 15) is 43.2 Å². The lowest BCUT2D eigenvalue weighted by molar-refractivity contribution is -0.138. The molecule has 0 unspecified atom stereocenters. The van der Waals surface area contributed by atoms with Crippen LogP contribution in [-0.4, -0.2) is 79.2 Å². The molecule has 0 N–H and O–H groups in total. The van der Waals surface area contributed by atoms with Crippen LogP contribution in [0.15, 0.2) is 103 Å². The molecule has 0 fully saturated rings. The number of benzene rings is 3. The fraction of sp³-hybridized carbons (Fsp3) is 0.267. The maximum absolute atomic E-state index is 13.5. The van der Waals surface area contributed by atoms with E-state index in [-0.39, 0.29) is 94.3 Å². The van der Waals surface area contributed by atoms with Crippen LogP contribution in [-0.2, 0) is 42.9 Å². The molecular weight excluding hydrogens is 762 g/mol. The first-order valence-electron chi connectivity index (χ1n) is 18.6. The number of anilines is 3. The van der Waals surface area contributed by atoms with E-state index in [1.807, 2.05) is 0 Å². The lowest BCUT2D eigenvalue weighted by Crippen LogP contribution is -2.21. The minimum Gasteiger partial charge on any atom is -0.457 e. The van der Waals surface area contributed by atoms with Crippen molar-refractivity contribution in [1.82, 2.24) is 0 Å². The predicted molar refractivity (Wildman–Crippen MR) is 216 cm³/mol. The van der Waals surface area contributed by atoms with Gasteiger partial charge in [0.1, 0.15) is 19.8 Å². The minimum absolute atomic E-state index is 0.0250. The maximum Gasteiger partial charge on any atom is 0.338 e. The fourth-order valence-corrected chi connectivity index (χ4v) is 5.11. The molecule has 0 bridgehead atoms. The Labute approximate surface area is 341 Å². The first-order valence-corrected chi connectivity index (χ1v) is 18.6. The van der Waals surface area contributed by atoms with Crippen molar-refractivity contribution < 1.29 is 62.1 Å². The molecule has 14 nitrogen and oxygen atoms in total. The molecule has 0 aliphatic carbocycles. The van der Waals surface area contributed by atoms with Crippen molar-refractivity contribution in [2.75, 3.05) is 31.3 Å². The maximum atomic E-state index is 13.5. The van der Waals surface area contributed by atoms with Crippen LogP contribution in [0.2, 0.25) is 0 Å². The zero-order valence-corrected chi connectivity index (χ0v) is 33.4. The fourth-order valence-electron chi connectivity index (χ4n) is 5.11. The van der Waals surface area contributed by atoms with E-state index >= 15 is 0 Å². The van der Waals surface area contributed by atoms with Crippen molar-refractivity contribution in [2.24, 2.45) is 0 Å². The van der Waals surface area contributed by atoms with Crippen LogP contribution in [0.25, 0.3) is 0 Å². The van der Waals surface area contributed by atoms with Crippen LogP contribution >= 0.6 is 0 Å². The highest BCUT2D eigenvalue weighted by atomic mass is 16.5. The molecule has 0 atom stereocenters. The van der Waals surface area contributed by atoms with Crippen molar-refractivity contribution in [2.45, 2.75) is 53.4 Å². The lowest BCUT2D eigenvalue weighted by Gasteiger charge is -2.26. The Morgan fingerprint density at radius 2 is 0.695 bits per heavy atom. The molecule has 3 aromatic carbocycles. The van der Waals surface area contributed by atoms with Crippen LogP contribution in [0.4, 0.5) is 17.1 Å². The quantitative estimate of drug-likeness (QED) is 0.0414. The third-order valence-electron chi connectivity index (χ3n) is 8.62. The Bertz CT molecular complexity index is 2030. The van der Waals surface area contributed by atoms with Crippen LogP contribution in [0.5, 0.6) is 0 Å². The third kappa shape index (κ3) is 13.0. The summed E-state index contributed by atoms with van der Waals surface area (Å²) >= 11 is 0. The Morgan fingerprint density at radius 1 is 0.390 bits per heavy atom. The van der Waals surface area contributed by atoms with Gasteiger partial charge >= 0.3 is 23.9 Å². The summed E-state index contributed by atoms with van der Waals surface area (Å²) in [6, 6.07) is 15.7. The number of ether oxygens (including phenoxy) is 4. The predicted octanol–water partition coefficient (Wildman–Crippen LogP) is 6.94. The van der Waals surface area contributed by atoms with Crippen molar-refractivity contribution in [3.05, 3.63) is 125 Å². The van der Waals surface area contributed by atoms with Gasteiger partial charge in [0.15, 0.2) is 24.0 Å². The Morgan fingerprint density at radius 3 is 1.02 bits per heavy atom. The topological polar surface area (TPSA) is 194 Å². The number of ketones is 5. The molecule has 14 heteroatoms. The zero-order chi connectivity index (χ0) is 43.8. The van der Waals surface area contributed by atoms with Gasteiger partial charge in [-0.15, -0.1) is 0 Å². The van der Waals surface area contributed by atoms with Crippen LogP contribution in [0.1, 0.15) is 94.8 Å². The molecule has 0 spiro atoms. The van der Waals surface area contributed by atoms with Gasteiger partial charge in [0.2, 0.25) is 11.6 Å². The van der Waals surface area contributed by atoms with Gasteiger partial charge < -0.3 is 23.8 Å². The van der Waals surface area contributed by atoms with Gasteiger partial charge in [0, 0.05) is 59.5 Å². The van der Waals surface area contributed by atoms with Gasteiger partial charge in [-0.1, -0.05) is 47.4 Å². The van der Waals surface area contributed by atoms with Crippen molar-refractivity contribution >= 4 is 69.9 Å². The lowest BCUT2D eigenvalue weighted by atomic mass is 10.1. The largest absolute Gasteiger partial charge is 0.457 e. The second-order valence-corrected chi connectivity index (χ2v) is 12.8. The summed E-state index contributed by atoms with van der Waals surface area (Å²) in [7, 11) is 0. The van der Waals surface area contributed by atoms with Crippen LogP contribution in [0, 0.1) is 0 Å². The van der Waals surface area contributed by atoms with E-state index in [0.717, 1.165) is 0 Å². The van der Waals surface area contributed by atoms with Crippen molar-refractivity contribution in [3.63, 3.8) is 0 Å². The van der Waals surface area contributed by atoms with Gasteiger partial charge in [0.05, 0.1) is 22.3 Å². The van der Waals surface area contributed by atoms with Crippen LogP contribution < -0.4 is 4.90 Å². The molecule has 0 saturated heterocycles. The molecule has 0 heterocycles. The molecular formula is C45H45NO13. The first-order chi connectivity index (χ1) is 28.0. The minimum atomic E-state index is -0.924. The molecule has 0 radical (unpaired) electrons. The molecule has 308 valence electrons. The van der Waals surface area contributed by atoms with Gasteiger partial charge in [0.25, 0.3) is 0 Å². The molecule has 0 amide bonds. The van der Waals surface area contributed by atoms with E-state index in [1.165, 1.54) is 73.7 Å². The van der Waals surface area contributed by atoms with Gasteiger partial charge in [-0.2, -0.15) is 0 Å². The number of hydrogen-bond acceptors (Lipinski definition) is 14. The smallest absolute Gasteiger partial charge is 0.338 e. The van der Waals surface area contributed by atoms with Crippen molar-refractivity contribution in [1.29, 1.82) is 0 Å². The summed E-state index contributed by atoms with van der Waals surface area (Å²) in [5.74, 6) is -5.90. The average Bonchev–Trinajstić information content (AvgIpc) is 3.26. The average molecular weight is 808 g/mol. The van der Waals surface area contributed by atoms with E-state index in [1.54, 1.807) is 25.7 Å². The summed E-state index contributed by atoms with van der Waals surface area (Å²) < 4.78 is 21.1. The number of carbonyl (C=O) groups is 9. The van der Waals surface area contributed by atoms with Crippen molar-refractivity contribution in [3.8, 4) is 0 Å². The molecule has 0 aliphatic rings. The van der Waals surface area contributed by atoms with E-state index in [2.05, 4.69) is 19.7 Å². The number of rotatable bonds is 23. The Balaban J connectivity index is 2.14. The molecule has 0 aliphatic heterocycles. The zero-order valence-electron chi connectivity index (χ0n) is 33.4. The molecule has 0 saturated carbocycles. The van der Waals surface area contributed by atoms with E-state index in [0.29, 0.717) is 11.4 Å². The first kappa shape index (κ1) is 46.3. The highest BCUT2D eigenvalue weighted by molar-refractivity contribution is 6.37. The van der Waals surface area contributed by atoms with Gasteiger partial charge in [-0.25, -0.2) is 19.2 Å². The molecule has 3 aromatic rings. The number of esters is 4. The Hall–Kier alpha value is -7.09. The standard InChI is InChI=1S/C45H45NO13/c1-8-37(47)27(5)23-56-42(52)30-12-16-34(17-13-30)46(35-18-14-31(15-19-35)43(53)59-26-41(51)40(50)11-4)36-21-32(44(54)57-24-28(6)38(48)9-2)20-33(22-36)45(55)58-25-29(7)39(49)10-3/h12-22H,5-11,23-26H2,1-4H3. The van der Waals surface area contributed by atoms with Crippen LogP contribution in [0.3, 0.4) is 0 Å². The van der Waals surface area contributed by atoms with Gasteiger partial charge in [-0.05, 0) is 66.7 Å². The van der Waals surface area contributed by atoms with Gasteiger partial charge in [-0.3, -0.25) is 24.0 Å². The number of hydrogen-bond donors (Lipinski definition) is 0. The highest BCUT2D eigenvalue weighted by Crippen LogP contribution is 2.36. The summed E-state index contributed by atoms with van der Waals surface area (Å²) in [5, 5.41) is 0. The highest BCUT2D eigenvalue weighted by Gasteiger charge is 2.23. The molecule has 3 rings (SSSR count). The number of carbonyl (C=O) groups excluding carboxylic acids is 9. The summed E-state index contributed by atoms with van der Waals surface area (Å²) in [6.07, 6.45) is 0.432. The monoisotopic (exact) mass is 807 g/mol. The number of nitrogens with zero attached hydrogens (tertiary/aromatic N) is 1. The normalized spacial score (nSPS) is 10.4. The van der Waals surface area contributed by atoms with E-state index in [4.69, 9.17) is 18.9 Å². The molecule has 0 aromatic heterocycles. The second-order valence-electron chi connectivity index (χ2n) is 12.8. The summed E-state index contributed by atoms with van der Waals surface area (Å²) in [4.78, 5) is 114. The SMILES string of the molecule is C=C(COC(=O)c1ccc(N(c2ccc(C(=O)OCC(=O)C(=O)CC)cc2)c2cc(C(=O)OCC(=C)C(=O)CC)cc(C(=O)OCC(=C)C(=O)CC)c2)cc1)C(=O)CC. The summed E-state index contributed by atoms with van der Waals surface area (Å²) in [5.41, 5.74) is 0.962. The second kappa shape index (κ2) is 22.0. The summed E-state index contributed by atoms with van der Waals surface area (Å²) in [6.45, 7) is 15.5.